The summed E-state index contributed by atoms with van der Waals surface area (Å²) in [5.41, 5.74) is -0.115. The van der Waals surface area contributed by atoms with Gasteiger partial charge in [-0.2, -0.15) is 0 Å². The number of halogens is 1. The average Bonchev–Trinajstić information content (AvgIpc) is 2.87. The van der Waals surface area contributed by atoms with Gasteiger partial charge in [-0.3, -0.25) is 25.2 Å². The van der Waals surface area contributed by atoms with Crippen LogP contribution in [-0.4, -0.2) is 35.1 Å². The van der Waals surface area contributed by atoms with Gasteiger partial charge in [0.15, 0.2) is 0 Å². The summed E-state index contributed by atoms with van der Waals surface area (Å²) in [6, 6.07) is 0.693. The average molecular weight is 342 g/mol. The molecule has 2 rings (SSSR count). The monoisotopic (exact) mass is 341 g/mol. The third-order valence-electron chi connectivity index (χ3n) is 4.21. The Kier molecular flexibility index (Phi) is 4.91. The molecule has 0 saturated carbocycles. The van der Waals surface area contributed by atoms with E-state index in [9.17, 15) is 14.9 Å². The van der Waals surface area contributed by atoms with E-state index in [2.05, 4.69) is 10.3 Å². The molecule has 4 atom stereocenters. The maximum absolute atomic E-state index is 12.1. The van der Waals surface area contributed by atoms with Gasteiger partial charge in [0.25, 0.3) is 0 Å². The Morgan fingerprint density at radius 2 is 2.13 bits per heavy atom. The van der Waals surface area contributed by atoms with E-state index in [1.807, 2.05) is 20.8 Å². The zero-order chi connectivity index (χ0) is 17.4. The van der Waals surface area contributed by atoms with E-state index in [1.54, 1.807) is 12.1 Å². The first-order chi connectivity index (χ1) is 10.7. The number of pyridine rings is 1. The first-order valence-corrected chi connectivity index (χ1v) is 7.64. The van der Waals surface area contributed by atoms with Gasteiger partial charge in [-0.05, 0) is 17.5 Å². The number of carbonyl (C=O) groups excluding carboxylic acids is 1. The maximum Gasteiger partial charge on any atom is 0.323 e. The zero-order valence-electron chi connectivity index (χ0n) is 13.4. The standard InChI is InChI=1S/C15H20ClN3O4/c1-15(2,3)9-11(14(20)23-4)18-12(13(9)19(21)22)10-8(16)6-5-7-17-10/h5-7,9,11-13,18H,1-4H3/t9-,11+,12+,13+/m0/s1. The summed E-state index contributed by atoms with van der Waals surface area (Å²) in [5.74, 6) is -1.08. The molecular formula is C15H20ClN3O4. The summed E-state index contributed by atoms with van der Waals surface area (Å²) in [4.78, 5) is 27.7. The van der Waals surface area contributed by atoms with Crippen molar-refractivity contribution in [2.45, 2.75) is 38.9 Å². The van der Waals surface area contributed by atoms with Crippen LogP contribution in [0.2, 0.25) is 5.02 Å². The number of hydrogen-bond acceptors (Lipinski definition) is 6. The van der Waals surface area contributed by atoms with Crippen LogP contribution >= 0.6 is 11.6 Å². The van der Waals surface area contributed by atoms with Crippen LogP contribution in [0.1, 0.15) is 32.5 Å². The van der Waals surface area contributed by atoms with Crippen molar-refractivity contribution in [2.24, 2.45) is 11.3 Å². The van der Waals surface area contributed by atoms with Crippen LogP contribution in [0.3, 0.4) is 0 Å². The van der Waals surface area contributed by atoms with Gasteiger partial charge in [0.1, 0.15) is 12.1 Å². The highest BCUT2D eigenvalue weighted by Crippen LogP contribution is 2.44. The van der Waals surface area contributed by atoms with Crippen LogP contribution in [0.25, 0.3) is 0 Å². The molecule has 1 N–H and O–H groups in total. The number of methoxy groups -OCH3 is 1. The minimum Gasteiger partial charge on any atom is -0.468 e. The highest BCUT2D eigenvalue weighted by molar-refractivity contribution is 6.31. The second kappa shape index (κ2) is 6.41. The molecule has 0 spiro atoms. The summed E-state index contributed by atoms with van der Waals surface area (Å²) >= 11 is 6.16. The Balaban J connectivity index is 2.54. The first-order valence-electron chi connectivity index (χ1n) is 7.26. The van der Waals surface area contributed by atoms with E-state index in [1.165, 1.54) is 13.3 Å². The van der Waals surface area contributed by atoms with Crippen molar-refractivity contribution in [3.8, 4) is 0 Å². The Morgan fingerprint density at radius 3 is 2.61 bits per heavy atom. The lowest BCUT2D eigenvalue weighted by Crippen LogP contribution is -2.45. The molecule has 1 fully saturated rings. The number of esters is 1. The van der Waals surface area contributed by atoms with Crippen molar-refractivity contribution >= 4 is 17.6 Å². The van der Waals surface area contributed by atoms with Crippen molar-refractivity contribution in [1.29, 1.82) is 0 Å². The Labute approximate surface area is 139 Å². The van der Waals surface area contributed by atoms with Gasteiger partial charge in [0.2, 0.25) is 6.04 Å². The molecule has 0 radical (unpaired) electrons. The largest absolute Gasteiger partial charge is 0.468 e. The Bertz CT molecular complexity index is 617. The molecule has 8 heteroatoms. The minimum atomic E-state index is -1.04. The summed E-state index contributed by atoms with van der Waals surface area (Å²) in [6.45, 7) is 5.61. The SMILES string of the molecule is COC(=O)[C@@H]1N[C@H](c2ncccc2Cl)[C@H]([N+](=O)[O-])[C@H]1C(C)(C)C. The van der Waals surface area contributed by atoms with E-state index in [0.717, 1.165) is 0 Å². The third-order valence-corrected chi connectivity index (χ3v) is 4.53. The van der Waals surface area contributed by atoms with Gasteiger partial charge in [0.05, 0.1) is 23.7 Å². The van der Waals surface area contributed by atoms with Gasteiger partial charge in [-0.15, -0.1) is 0 Å². The number of nitrogens with zero attached hydrogens (tertiary/aromatic N) is 2. The summed E-state index contributed by atoms with van der Waals surface area (Å²) in [7, 11) is 1.27. The van der Waals surface area contributed by atoms with Gasteiger partial charge >= 0.3 is 5.97 Å². The lowest BCUT2D eigenvalue weighted by atomic mass is 9.73. The van der Waals surface area contributed by atoms with E-state index < -0.39 is 35.4 Å². The highest BCUT2D eigenvalue weighted by Gasteiger charge is 2.59. The predicted molar refractivity (Wildman–Crippen MR) is 84.7 cm³/mol. The molecular weight excluding hydrogens is 322 g/mol. The zero-order valence-corrected chi connectivity index (χ0v) is 14.2. The number of nitrogens with one attached hydrogen (secondary N) is 1. The van der Waals surface area contributed by atoms with E-state index >= 15 is 0 Å². The predicted octanol–water partition coefficient (Wildman–Crippen LogP) is 2.23. The smallest absolute Gasteiger partial charge is 0.323 e. The van der Waals surface area contributed by atoms with Crippen LogP contribution in [0.15, 0.2) is 18.3 Å². The van der Waals surface area contributed by atoms with E-state index in [0.29, 0.717) is 10.7 Å². The molecule has 1 saturated heterocycles. The first kappa shape index (κ1) is 17.6. The van der Waals surface area contributed by atoms with Gasteiger partial charge in [-0.25, -0.2) is 0 Å². The van der Waals surface area contributed by atoms with Crippen LogP contribution in [0, 0.1) is 21.4 Å². The Hall–Kier alpha value is -1.73. The normalized spacial score (nSPS) is 27.7. The maximum atomic E-state index is 12.1. The number of nitro groups is 1. The molecule has 0 amide bonds. The summed E-state index contributed by atoms with van der Waals surface area (Å²) in [5, 5.41) is 15.1. The topological polar surface area (TPSA) is 94.4 Å². The molecule has 2 heterocycles. The molecule has 7 nitrogen and oxygen atoms in total. The van der Waals surface area contributed by atoms with Gasteiger partial charge < -0.3 is 4.74 Å². The van der Waals surface area contributed by atoms with Crippen LogP contribution in [-0.2, 0) is 9.53 Å². The van der Waals surface area contributed by atoms with Gasteiger partial charge in [-0.1, -0.05) is 32.4 Å². The van der Waals surface area contributed by atoms with Gasteiger partial charge in [0, 0.05) is 11.1 Å². The van der Waals surface area contributed by atoms with Crippen LogP contribution in [0.4, 0.5) is 0 Å². The number of rotatable bonds is 3. The molecule has 23 heavy (non-hydrogen) atoms. The number of aromatic nitrogens is 1. The van der Waals surface area contributed by atoms with Crippen molar-refractivity contribution in [1.82, 2.24) is 10.3 Å². The summed E-state index contributed by atoms with van der Waals surface area (Å²) < 4.78 is 4.82. The molecule has 0 unspecified atom stereocenters. The van der Waals surface area contributed by atoms with E-state index in [-0.39, 0.29) is 4.92 Å². The molecule has 126 valence electrons. The van der Waals surface area contributed by atoms with Crippen molar-refractivity contribution in [3.05, 3.63) is 39.2 Å². The second-order valence-electron chi connectivity index (χ2n) is 6.68. The van der Waals surface area contributed by atoms with Crippen LogP contribution < -0.4 is 5.32 Å². The molecule has 1 aliphatic rings. The fourth-order valence-corrected chi connectivity index (χ4v) is 3.51. The van der Waals surface area contributed by atoms with Crippen LogP contribution in [0.5, 0.6) is 0 Å². The number of carbonyl (C=O) groups is 1. The molecule has 1 aliphatic heterocycles. The Morgan fingerprint density at radius 1 is 1.48 bits per heavy atom. The summed E-state index contributed by atoms with van der Waals surface area (Å²) in [6.07, 6.45) is 1.53. The third kappa shape index (κ3) is 3.30. The van der Waals surface area contributed by atoms with Crippen molar-refractivity contribution in [3.63, 3.8) is 0 Å². The number of hydrogen-bond donors (Lipinski definition) is 1. The minimum absolute atomic E-state index is 0.329. The quantitative estimate of drug-likeness (QED) is 0.514. The lowest BCUT2D eigenvalue weighted by molar-refractivity contribution is -0.535. The second-order valence-corrected chi connectivity index (χ2v) is 7.09. The van der Waals surface area contributed by atoms with Crippen molar-refractivity contribution < 1.29 is 14.5 Å². The lowest BCUT2D eigenvalue weighted by Gasteiger charge is -2.31. The molecule has 1 aromatic rings. The molecule has 0 bridgehead atoms. The highest BCUT2D eigenvalue weighted by atomic mass is 35.5. The number of ether oxygens (including phenoxy) is 1. The van der Waals surface area contributed by atoms with Crippen molar-refractivity contribution in [2.75, 3.05) is 7.11 Å². The van der Waals surface area contributed by atoms with E-state index in [4.69, 9.17) is 16.3 Å². The fraction of sp³-hybridized carbons (Fsp3) is 0.600. The fourth-order valence-electron chi connectivity index (χ4n) is 3.27. The molecule has 0 aliphatic carbocycles. The molecule has 0 aromatic carbocycles. The molecule has 1 aromatic heterocycles.